The predicted octanol–water partition coefficient (Wildman–Crippen LogP) is 1.71. The minimum absolute atomic E-state index is 0.153. The van der Waals surface area contributed by atoms with Gasteiger partial charge < -0.3 is 10.6 Å². The molecule has 1 aliphatic rings. The van der Waals surface area contributed by atoms with Crippen molar-refractivity contribution in [1.29, 1.82) is 0 Å². The van der Waals surface area contributed by atoms with Crippen molar-refractivity contribution in [2.45, 2.75) is 26.7 Å². The van der Waals surface area contributed by atoms with E-state index in [-0.39, 0.29) is 23.7 Å². The summed E-state index contributed by atoms with van der Waals surface area (Å²) in [5.74, 6) is -0.0377. The normalized spacial score (nSPS) is 15.4. The fourth-order valence-corrected chi connectivity index (χ4v) is 3.17. The third kappa shape index (κ3) is 4.91. The van der Waals surface area contributed by atoms with Crippen molar-refractivity contribution in [2.24, 2.45) is 16.6 Å². The van der Waals surface area contributed by atoms with Crippen LogP contribution in [0.1, 0.15) is 34.6 Å². The maximum atomic E-state index is 12.7. The number of guanidine groups is 1. The third-order valence-electron chi connectivity index (χ3n) is 4.63. The lowest BCUT2D eigenvalue weighted by Gasteiger charge is -2.32. The number of nitrogens with two attached hydrogens (primary N) is 1. The van der Waals surface area contributed by atoms with E-state index in [1.807, 2.05) is 30.9 Å². The van der Waals surface area contributed by atoms with Crippen LogP contribution in [0, 0.1) is 19.8 Å². The van der Waals surface area contributed by atoms with Gasteiger partial charge in [-0.1, -0.05) is 18.2 Å². The molecule has 0 bridgehead atoms. The smallest absolute Gasteiger partial charge is 0.257 e. The van der Waals surface area contributed by atoms with E-state index in [9.17, 15) is 9.59 Å². The number of aliphatic imine (C=N–C) groups is 1. The predicted molar refractivity (Wildman–Crippen MR) is 106 cm³/mol. The average Bonchev–Trinajstić information content (AvgIpc) is 2.67. The van der Waals surface area contributed by atoms with Crippen molar-refractivity contribution in [3.05, 3.63) is 53.3 Å². The Balaban J connectivity index is 1.86. The summed E-state index contributed by atoms with van der Waals surface area (Å²) in [4.78, 5) is 39.2. The minimum Gasteiger partial charge on any atom is -0.369 e. The van der Waals surface area contributed by atoms with Crippen LogP contribution in [-0.4, -0.2) is 45.7 Å². The van der Waals surface area contributed by atoms with E-state index < -0.39 is 0 Å². The molecule has 8 nitrogen and oxygen atoms in total. The number of rotatable bonds is 3. The highest BCUT2D eigenvalue weighted by Crippen LogP contribution is 2.18. The fraction of sp³-hybridized carbons (Fsp3) is 0.350. The summed E-state index contributed by atoms with van der Waals surface area (Å²) in [5, 5.41) is 2.88. The Kier molecular flexibility index (Phi) is 5.98. The molecule has 2 heterocycles. The number of primary amides is 1. The number of carbonyl (C=O) groups is 2. The quantitative estimate of drug-likeness (QED) is 0.621. The Morgan fingerprint density at radius 1 is 1.11 bits per heavy atom. The van der Waals surface area contributed by atoms with Gasteiger partial charge in [-0.05, 0) is 44.9 Å². The van der Waals surface area contributed by atoms with Crippen molar-refractivity contribution < 1.29 is 9.59 Å². The van der Waals surface area contributed by atoms with Gasteiger partial charge in [0.2, 0.25) is 11.9 Å². The zero-order valence-electron chi connectivity index (χ0n) is 16.1. The summed E-state index contributed by atoms with van der Waals surface area (Å²) in [6, 6.07) is 10.8. The summed E-state index contributed by atoms with van der Waals surface area (Å²) >= 11 is 0. The van der Waals surface area contributed by atoms with Crippen LogP contribution in [-0.2, 0) is 4.79 Å². The number of likely N-dealkylation sites (tertiary alicyclic amines) is 1. The van der Waals surface area contributed by atoms with Gasteiger partial charge in [0.25, 0.3) is 11.9 Å². The number of aryl methyl sites for hydroxylation is 2. The lowest BCUT2D eigenvalue weighted by atomic mass is 9.96. The summed E-state index contributed by atoms with van der Waals surface area (Å²) in [6.45, 7) is 4.86. The molecule has 1 aromatic heterocycles. The van der Waals surface area contributed by atoms with Crippen LogP contribution in [0.5, 0.6) is 0 Å². The number of aromatic nitrogens is 2. The molecule has 0 saturated carbocycles. The van der Waals surface area contributed by atoms with E-state index in [2.05, 4.69) is 20.3 Å². The zero-order chi connectivity index (χ0) is 20.1. The van der Waals surface area contributed by atoms with Gasteiger partial charge in [-0.25, -0.2) is 9.97 Å². The first-order chi connectivity index (χ1) is 13.4. The lowest BCUT2D eigenvalue weighted by molar-refractivity contribution is -0.122. The molecule has 1 aromatic carbocycles. The Morgan fingerprint density at radius 3 is 2.29 bits per heavy atom. The van der Waals surface area contributed by atoms with Crippen molar-refractivity contribution >= 4 is 23.7 Å². The Labute approximate surface area is 163 Å². The van der Waals surface area contributed by atoms with E-state index in [1.54, 1.807) is 24.3 Å². The van der Waals surface area contributed by atoms with Crippen LogP contribution in [0.15, 0.2) is 41.4 Å². The molecule has 28 heavy (non-hydrogen) atoms. The highest BCUT2D eigenvalue weighted by Gasteiger charge is 2.26. The zero-order valence-corrected chi connectivity index (χ0v) is 16.1. The summed E-state index contributed by atoms with van der Waals surface area (Å²) < 4.78 is 0. The van der Waals surface area contributed by atoms with E-state index in [0.717, 1.165) is 11.4 Å². The van der Waals surface area contributed by atoms with Gasteiger partial charge in [0.1, 0.15) is 0 Å². The molecule has 146 valence electrons. The van der Waals surface area contributed by atoms with Crippen LogP contribution < -0.4 is 11.1 Å². The summed E-state index contributed by atoms with van der Waals surface area (Å²) in [5.41, 5.74) is 7.55. The van der Waals surface area contributed by atoms with Crippen LogP contribution in [0.3, 0.4) is 0 Å². The number of amides is 2. The molecule has 0 unspecified atom stereocenters. The maximum Gasteiger partial charge on any atom is 0.257 e. The van der Waals surface area contributed by atoms with Crippen molar-refractivity contribution in [1.82, 2.24) is 20.2 Å². The van der Waals surface area contributed by atoms with Crippen LogP contribution in [0.25, 0.3) is 0 Å². The van der Waals surface area contributed by atoms with Gasteiger partial charge in [-0.3, -0.25) is 14.9 Å². The Morgan fingerprint density at radius 2 is 1.71 bits per heavy atom. The van der Waals surface area contributed by atoms with E-state index in [4.69, 9.17) is 5.73 Å². The molecule has 1 saturated heterocycles. The van der Waals surface area contributed by atoms with Gasteiger partial charge >= 0.3 is 0 Å². The topological polar surface area (TPSA) is 114 Å². The standard InChI is InChI=1S/C20H24N6O2/c1-13-12-14(2)23-19(22-13)25-20(24-18(28)16-6-4-3-5-7-16)26-10-8-15(9-11-26)17(21)27/h3-7,12,15H,8-11H2,1-2H3,(H2,21,27)(H,22,23,24,25,28). The van der Waals surface area contributed by atoms with Crippen LogP contribution in [0.4, 0.5) is 5.95 Å². The lowest BCUT2D eigenvalue weighted by Crippen LogP contribution is -2.48. The minimum atomic E-state index is -0.288. The number of nitrogens with zero attached hydrogens (tertiary/aromatic N) is 4. The van der Waals surface area contributed by atoms with Crippen LogP contribution >= 0.6 is 0 Å². The Hall–Kier alpha value is -3.29. The van der Waals surface area contributed by atoms with Gasteiger partial charge in [0, 0.05) is 36.0 Å². The molecule has 2 amide bonds. The third-order valence-corrected chi connectivity index (χ3v) is 4.63. The highest BCUT2D eigenvalue weighted by molar-refractivity contribution is 6.06. The highest BCUT2D eigenvalue weighted by atomic mass is 16.2. The van der Waals surface area contributed by atoms with Crippen molar-refractivity contribution in [3.63, 3.8) is 0 Å². The first-order valence-corrected chi connectivity index (χ1v) is 9.24. The summed E-state index contributed by atoms with van der Waals surface area (Å²) in [7, 11) is 0. The molecule has 2 aromatic rings. The van der Waals surface area contributed by atoms with E-state index >= 15 is 0 Å². The average molecular weight is 380 g/mol. The van der Waals surface area contributed by atoms with E-state index in [1.165, 1.54) is 0 Å². The second-order valence-corrected chi connectivity index (χ2v) is 6.87. The summed E-state index contributed by atoms with van der Waals surface area (Å²) in [6.07, 6.45) is 1.23. The second kappa shape index (κ2) is 8.60. The first kappa shape index (κ1) is 19.5. The van der Waals surface area contributed by atoms with Gasteiger partial charge in [-0.2, -0.15) is 4.99 Å². The van der Waals surface area contributed by atoms with Crippen LogP contribution in [0.2, 0.25) is 0 Å². The molecule has 0 radical (unpaired) electrons. The molecule has 1 aliphatic heterocycles. The Bertz CT molecular complexity index is 869. The fourth-order valence-electron chi connectivity index (χ4n) is 3.17. The molecule has 3 N–H and O–H groups in total. The van der Waals surface area contributed by atoms with Gasteiger partial charge in [0.15, 0.2) is 0 Å². The molecular weight excluding hydrogens is 356 g/mol. The molecule has 3 rings (SSSR count). The van der Waals surface area contributed by atoms with E-state index in [0.29, 0.717) is 37.5 Å². The van der Waals surface area contributed by atoms with Gasteiger partial charge in [-0.15, -0.1) is 0 Å². The first-order valence-electron chi connectivity index (χ1n) is 9.24. The number of hydrogen-bond acceptors (Lipinski definition) is 5. The maximum absolute atomic E-state index is 12.7. The monoisotopic (exact) mass is 380 g/mol. The van der Waals surface area contributed by atoms with Gasteiger partial charge in [0.05, 0.1) is 0 Å². The number of benzene rings is 1. The van der Waals surface area contributed by atoms with Crippen molar-refractivity contribution in [2.75, 3.05) is 13.1 Å². The number of piperidine rings is 1. The number of nitrogens with one attached hydrogen (secondary N) is 1. The molecule has 0 atom stereocenters. The largest absolute Gasteiger partial charge is 0.369 e. The number of carbonyl (C=O) groups excluding carboxylic acids is 2. The second-order valence-electron chi connectivity index (χ2n) is 6.87. The number of hydrogen-bond donors (Lipinski definition) is 2. The molecule has 0 aliphatic carbocycles. The molecule has 1 fully saturated rings. The molecule has 8 heteroatoms. The van der Waals surface area contributed by atoms with Crippen molar-refractivity contribution in [3.8, 4) is 0 Å². The molecular formula is C20H24N6O2. The molecule has 0 spiro atoms. The SMILES string of the molecule is Cc1cc(C)nc(/N=C(\NC(=O)c2ccccc2)N2CCC(C(N)=O)CC2)n1.